The number of aromatic nitrogens is 3. The normalized spacial score (nSPS) is 11.0. The molecule has 0 bridgehead atoms. The maximum absolute atomic E-state index is 12.1. The maximum atomic E-state index is 12.1. The lowest BCUT2D eigenvalue weighted by Gasteiger charge is -2.11. The zero-order valence-electron chi connectivity index (χ0n) is 15.0. The number of hydrogen-bond donors (Lipinski definition) is 3. The van der Waals surface area contributed by atoms with Crippen LogP contribution in [0.2, 0.25) is 0 Å². The van der Waals surface area contributed by atoms with Gasteiger partial charge in [-0.25, -0.2) is 4.79 Å². The Morgan fingerprint density at radius 1 is 1.00 bits per heavy atom. The SMILES string of the molecule is O=C(NCCNc1ccc(-n2cccc2)nn1)Nc1ccc(OC(F)(F)F)cc1. The molecule has 2 amide bonds. The minimum atomic E-state index is -4.76. The molecule has 0 atom stereocenters. The summed E-state index contributed by atoms with van der Waals surface area (Å²) in [6, 6.07) is 11.7. The number of rotatable bonds is 7. The summed E-state index contributed by atoms with van der Waals surface area (Å²) in [6.07, 6.45) is -1.04. The molecule has 0 unspecified atom stereocenters. The molecule has 0 aliphatic heterocycles. The molecule has 2 aromatic heterocycles. The zero-order chi connectivity index (χ0) is 20.7. The topological polar surface area (TPSA) is 93.1 Å². The molecule has 0 aliphatic carbocycles. The van der Waals surface area contributed by atoms with Gasteiger partial charge >= 0.3 is 12.4 Å². The molecule has 0 saturated heterocycles. The van der Waals surface area contributed by atoms with Crippen LogP contribution in [0, 0.1) is 0 Å². The largest absolute Gasteiger partial charge is 0.573 e. The molecule has 0 radical (unpaired) electrons. The van der Waals surface area contributed by atoms with E-state index in [2.05, 4.69) is 30.9 Å². The van der Waals surface area contributed by atoms with Crippen molar-refractivity contribution in [3.05, 3.63) is 60.9 Å². The lowest BCUT2D eigenvalue weighted by atomic mass is 10.3. The Kier molecular flexibility index (Phi) is 6.17. The summed E-state index contributed by atoms with van der Waals surface area (Å²) in [5, 5.41) is 16.3. The van der Waals surface area contributed by atoms with Crippen molar-refractivity contribution in [2.75, 3.05) is 23.7 Å². The van der Waals surface area contributed by atoms with Gasteiger partial charge in [-0.2, -0.15) is 0 Å². The fourth-order valence-electron chi connectivity index (χ4n) is 2.33. The number of halogens is 3. The van der Waals surface area contributed by atoms with Crippen LogP contribution in [0.3, 0.4) is 0 Å². The van der Waals surface area contributed by atoms with Crippen LogP contribution in [0.5, 0.6) is 5.75 Å². The number of amides is 2. The summed E-state index contributed by atoms with van der Waals surface area (Å²) in [6.45, 7) is 0.700. The molecule has 1 aromatic carbocycles. The van der Waals surface area contributed by atoms with Gasteiger partial charge in [0.1, 0.15) is 11.6 Å². The Labute approximate surface area is 163 Å². The number of anilines is 2. The van der Waals surface area contributed by atoms with Crippen LogP contribution < -0.4 is 20.7 Å². The number of carbonyl (C=O) groups excluding carboxylic acids is 1. The first-order chi connectivity index (χ1) is 13.9. The highest BCUT2D eigenvalue weighted by atomic mass is 19.4. The highest BCUT2D eigenvalue weighted by Crippen LogP contribution is 2.23. The molecular formula is C18H17F3N6O2. The Morgan fingerprint density at radius 3 is 2.34 bits per heavy atom. The Morgan fingerprint density at radius 2 is 1.72 bits per heavy atom. The summed E-state index contributed by atoms with van der Waals surface area (Å²) in [4.78, 5) is 11.8. The first-order valence-electron chi connectivity index (χ1n) is 8.51. The second-order valence-corrected chi connectivity index (χ2v) is 5.75. The summed E-state index contributed by atoms with van der Waals surface area (Å²) in [7, 11) is 0. The van der Waals surface area contributed by atoms with Crippen molar-refractivity contribution in [3.63, 3.8) is 0 Å². The van der Waals surface area contributed by atoms with Crippen molar-refractivity contribution in [2.45, 2.75) is 6.36 Å². The van der Waals surface area contributed by atoms with Gasteiger partial charge in [0.15, 0.2) is 5.82 Å². The van der Waals surface area contributed by atoms with E-state index in [0.717, 1.165) is 12.1 Å². The molecule has 3 N–H and O–H groups in total. The van der Waals surface area contributed by atoms with Crippen molar-refractivity contribution < 1.29 is 22.7 Å². The summed E-state index contributed by atoms with van der Waals surface area (Å²) in [5.41, 5.74) is 0.330. The Hall–Kier alpha value is -3.76. The van der Waals surface area contributed by atoms with E-state index in [0.29, 0.717) is 30.4 Å². The van der Waals surface area contributed by atoms with Crippen LogP contribution in [0.25, 0.3) is 5.82 Å². The highest BCUT2D eigenvalue weighted by molar-refractivity contribution is 5.89. The fraction of sp³-hybridized carbons (Fsp3) is 0.167. The van der Waals surface area contributed by atoms with Gasteiger partial charge in [0.25, 0.3) is 0 Å². The van der Waals surface area contributed by atoms with E-state index in [1.165, 1.54) is 12.1 Å². The molecule has 0 saturated carbocycles. The van der Waals surface area contributed by atoms with Gasteiger partial charge in [-0.05, 0) is 48.5 Å². The minimum absolute atomic E-state index is 0.294. The predicted octanol–water partition coefficient (Wildman–Crippen LogP) is 3.40. The van der Waals surface area contributed by atoms with Gasteiger partial charge in [0.05, 0.1) is 0 Å². The van der Waals surface area contributed by atoms with Crippen molar-refractivity contribution in [1.29, 1.82) is 0 Å². The van der Waals surface area contributed by atoms with Crippen LogP contribution >= 0.6 is 0 Å². The number of ether oxygens (including phenoxy) is 1. The molecule has 8 nitrogen and oxygen atoms in total. The number of urea groups is 1. The molecule has 11 heteroatoms. The highest BCUT2D eigenvalue weighted by Gasteiger charge is 2.30. The second kappa shape index (κ2) is 8.95. The van der Waals surface area contributed by atoms with Crippen LogP contribution in [-0.4, -0.2) is 40.2 Å². The van der Waals surface area contributed by atoms with Crippen LogP contribution in [0.4, 0.5) is 29.5 Å². The molecule has 152 valence electrons. The average Bonchev–Trinajstić information content (AvgIpc) is 3.21. The standard InChI is InChI=1S/C18H17F3N6O2/c19-18(20,21)29-14-5-3-13(4-6-14)24-17(28)23-10-9-22-15-7-8-16(26-25-15)27-11-1-2-12-27/h1-8,11-12H,9-10H2,(H,22,25)(H2,23,24,28). The third kappa shape index (κ3) is 6.41. The Bertz CT molecular complexity index is 912. The molecule has 0 spiro atoms. The third-order valence-corrected chi connectivity index (χ3v) is 3.58. The lowest BCUT2D eigenvalue weighted by Crippen LogP contribution is -2.32. The van der Waals surface area contributed by atoms with Gasteiger partial charge < -0.3 is 25.3 Å². The molecule has 3 rings (SSSR count). The van der Waals surface area contributed by atoms with E-state index in [9.17, 15) is 18.0 Å². The quantitative estimate of drug-likeness (QED) is 0.523. The van der Waals surface area contributed by atoms with Crippen molar-refractivity contribution >= 4 is 17.5 Å². The van der Waals surface area contributed by atoms with E-state index < -0.39 is 12.4 Å². The molecule has 0 aliphatic rings. The van der Waals surface area contributed by atoms with Crippen molar-refractivity contribution in [1.82, 2.24) is 20.1 Å². The molecule has 29 heavy (non-hydrogen) atoms. The number of hydrogen-bond acceptors (Lipinski definition) is 5. The maximum Gasteiger partial charge on any atom is 0.573 e. The van der Waals surface area contributed by atoms with Gasteiger partial charge in [-0.3, -0.25) is 0 Å². The fourth-order valence-corrected chi connectivity index (χ4v) is 2.33. The first kappa shape index (κ1) is 20.0. The average molecular weight is 406 g/mol. The number of nitrogens with one attached hydrogen (secondary N) is 3. The smallest absolute Gasteiger partial charge is 0.406 e. The monoisotopic (exact) mass is 406 g/mol. The van der Waals surface area contributed by atoms with Crippen LogP contribution in [0.1, 0.15) is 0 Å². The van der Waals surface area contributed by atoms with E-state index in [1.807, 2.05) is 35.2 Å². The van der Waals surface area contributed by atoms with E-state index >= 15 is 0 Å². The summed E-state index contributed by atoms with van der Waals surface area (Å²) in [5.74, 6) is 0.879. The summed E-state index contributed by atoms with van der Waals surface area (Å²) >= 11 is 0. The van der Waals surface area contributed by atoms with E-state index in [1.54, 1.807) is 6.07 Å². The minimum Gasteiger partial charge on any atom is -0.406 e. The predicted molar refractivity (Wildman–Crippen MR) is 100.0 cm³/mol. The van der Waals surface area contributed by atoms with Crippen molar-refractivity contribution in [3.8, 4) is 11.6 Å². The number of benzene rings is 1. The van der Waals surface area contributed by atoms with Crippen LogP contribution in [0.15, 0.2) is 60.9 Å². The molecule has 0 fully saturated rings. The second-order valence-electron chi connectivity index (χ2n) is 5.75. The van der Waals surface area contributed by atoms with E-state index in [-0.39, 0.29) is 5.75 Å². The third-order valence-electron chi connectivity index (χ3n) is 3.58. The summed E-state index contributed by atoms with van der Waals surface area (Å²) < 4.78 is 41.9. The van der Waals surface area contributed by atoms with Gasteiger partial charge in [0.2, 0.25) is 0 Å². The number of carbonyl (C=O) groups is 1. The van der Waals surface area contributed by atoms with Gasteiger partial charge in [0, 0.05) is 31.2 Å². The van der Waals surface area contributed by atoms with Crippen LogP contribution in [-0.2, 0) is 0 Å². The lowest BCUT2D eigenvalue weighted by molar-refractivity contribution is -0.274. The molecule has 3 aromatic rings. The van der Waals surface area contributed by atoms with Gasteiger partial charge in [-0.15, -0.1) is 23.4 Å². The Balaban J connectivity index is 1.37. The number of alkyl halides is 3. The van der Waals surface area contributed by atoms with E-state index in [4.69, 9.17) is 0 Å². The first-order valence-corrected chi connectivity index (χ1v) is 8.51. The van der Waals surface area contributed by atoms with Crippen molar-refractivity contribution in [2.24, 2.45) is 0 Å². The zero-order valence-corrected chi connectivity index (χ0v) is 15.0. The molecule has 2 heterocycles. The number of nitrogens with zero attached hydrogens (tertiary/aromatic N) is 3. The van der Waals surface area contributed by atoms with Gasteiger partial charge in [-0.1, -0.05) is 0 Å². The molecular weight excluding hydrogens is 389 g/mol.